The van der Waals surface area contributed by atoms with E-state index in [0.717, 1.165) is 24.5 Å². The van der Waals surface area contributed by atoms with E-state index < -0.39 is 0 Å². The molecule has 0 atom stereocenters. The minimum atomic E-state index is -0.0991. The first kappa shape index (κ1) is 20.7. The lowest BCUT2D eigenvalue weighted by Crippen LogP contribution is -2.48. The van der Waals surface area contributed by atoms with Crippen molar-refractivity contribution >= 4 is 11.6 Å². The van der Waals surface area contributed by atoms with E-state index >= 15 is 0 Å². The van der Waals surface area contributed by atoms with Gasteiger partial charge in [0.2, 0.25) is 0 Å². The van der Waals surface area contributed by atoms with Crippen LogP contribution in [0.4, 0.5) is 5.69 Å². The van der Waals surface area contributed by atoms with Crippen molar-refractivity contribution in [2.45, 2.75) is 6.61 Å². The maximum Gasteiger partial charge on any atom is 0.289 e. The summed E-state index contributed by atoms with van der Waals surface area (Å²) in [6.45, 7) is 3.03. The van der Waals surface area contributed by atoms with Crippen molar-refractivity contribution in [3.63, 3.8) is 0 Å². The molecule has 0 bridgehead atoms. The molecule has 4 rings (SSSR count). The van der Waals surface area contributed by atoms with Gasteiger partial charge in [-0.05, 0) is 48.5 Å². The van der Waals surface area contributed by atoms with Crippen LogP contribution in [-0.4, -0.2) is 51.2 Å². The van der Waals surface area contributed by atoms with E-state index in [1.54, 1.807) is 26.4 Å². The fourth-order valence-electron chi connectivity index (χ4n) is 3.57. The number of hydrogen-bond donors (Lipinski definition) is 0. The molecule has 1 aliphatic rings. The van der Waals surface area contributed by atoms with Crippen LogP contribution in [0, 0.1) is 0 Å². The molecule has 7 heteroatoms. The Kier molecular flexibility index (Phi) is 6.31. The molecule has 1 amide bonds. The Bertz CT molecular complexity index is 1010. The zero-order valence-electron chi connectivity index (χ0n) is 17.7. The highest BCUT2D eigenvalue weighted by Crippen LogP contribution is 2.27. The summed E-state index contributed by atoms with van der Waals surface area (Å²) in [6, 6.07) is 18.9. The van der Waals surface area contributed by atoms with Gasteiger partial charge < -0.3 is 28.4 Å². The highest BCUT2D eigenvalue weighted by molar-refractivity contribution is 5.91. The van der Waals surface area contributed by atoms with E-state index in [1.807, 2.05) is 53.4 Å². The second-order valence-corrected chi connectivity index (χ2v) is 7.18. The number of nitrogens with zero attached hydrogens (tertiary/aromatic N) is 2. The summed E-state index contributed by atoms with van der Waals surface area (Å²) in [5, 5.41) is 0. The Labute approximate surface area is 181 Å². The van der Waals surface area contributed by atoms with Gasteiger partial charge in [0, 0.05) is 31.9 Å². The van der Waals surface area contributed by atoms with Crippen molar-refractivity contribution in [1.29, 1.82) is 0 Å². The van der Waals surface area contributed by atoms with E-state index in [0.29, 0.717) is 36.1 Å². The lowest BCUT2D eigenvalue weighted by Gasteiger charge is -2.35. The average Bonchev–Trinajstić information content (AvgIpc) is 3.31. The van der Waals surface area contributed by atoms with Gasteiger partial charge in [-0.1, -0.05) is 12.1 Å². The SMILES string of the molecule is COc1ccc(N2CCN(C(=O)c3ccc(COc4ccccc4OC)o3)CC2)cc1. The lowest BCUT2D eigenvalue weighted by atomic mass is 10.2. The van der Waals surface area contributed by atoms with Crippen LogP contribution in [0.2, 0.25) is 0 Å². The van der Waals surface area contributed by atoms with E-state index in [-0.39, 0.29) is 12.5 Å². The summed E-state index contributed by atoms with van der Waals surface area (Å²) >= 11 is 0. The van der Waals surface area contributed by atoms with Crippen molar-refractivity contribution in [3.8, 4) is 17.2 Å². The van der Waals surface area contributed by atoms with Gasteiger partial charge in [0.1, 0.15) is 18.1 Å². The van der Waals surface area contributed by atoms with Crippen molar-refractivity contribution in [1.82, 2.24) is 4.90 Å². The van der Waals surface area contributed by atoms with Gasteiger partial charge in [0.15, 0.2) is 17.3 Å². The third kappa shape index (κ3) is 4.77. The highest BCUT2D eigenvalue weighted by Gasteiger charge is 2.24. The molecule has 0 unspecified atom stereocenters. The maximum absolute atomic E-state index is 12.9. The van der Waals surface area contributed by atoms with Crippen molar-refractivity contribution in [2.24, 2.45) is 0 Å². The average molecular weight is 422 g/mol. The zero-order chi connectivity index (χ0) is 21.6. The largest absolute Gasteiger partial charge is 0.497 e. The molecule has 0 aliphatic carbocycles. The monoisotopic (exact) mass is 422 g/mol. The van der Waals surface area contributed by atoms with Crippen molar-refractivity contribution < 1.29 is 23.4 Å². The van der Waals surface area contributed by atoms with E-state index in [9.17, 15) is 4.79 Å². The number of anilines is 1. The first-order chi connectivity index (χ1) is 15.2. The number of ether oxygens (including phenoxy) is 3. The Morgan fingerprint density at radius 2 is 1.58 bits per heavy atom. The molecule has 0 saturated carbocycles. The first-order valence-corrected chi connectivity index (χ1v) is 10.2. The molecule has 0 N–H and O–H groups in total. The summed E-state index contributed by atoms with van der Waals surface area (Å²) in [7, 11) is 3.25. The number of hydrogen-bond acceptors (Lipinski definition) is 6. The summed E-state index contributed by atoms with van der Waals surface area (Å²) < 4.78 is 22.0. The fraction of sp³-hybridized carbons (Fsp3) is 0.292. The Hall–Kier alpha value is -3.61. The number of carbonyl (C=O) groups is 1. The standard InChI is InChI=1S/C24H26N2O5/c1-28-19-9-7-18(8-10-19)25-13-15-26(16-14-25)24(27)23-12-11-20(31-23)17-30-22-6-4-3-5-21(22)29-2/h3-12H,13-17H2,1-2H3. The van der Waals surface area contributed by atoms with Gasteiger partial charge in [-0.3, -0.25) is 4.79 Å². The number of rotatable bonds is 7. The number of methoxy groups -OCH3 is 2. The van der Waals surface area contributed by atoms with E-state index in [2.05, 4.69) is 4.90 Å². The molecular formula is C24H26N2O5. The van der Waals surface area contributed by atoms with Crippen LogP contribution in [0.15, 0.2) is 65.1 Å². The van der Waals surface area contributed by atoms with Gasteiger partial charge in [-0.2, -0.15) is 0 Å². The molecular weight excluding hydrogens is 396 g/mol. The van der Waals surface area contributed by atoms with Crippen LogP contribution in [0.25, 0.3) is 0 Å². The Morgan fingerprint density at radius 3 is 2.26 bits per heavy atom. The normalized spacial score (nSPS) is 13.7. The number of piperazine rings is 1. The van der Waals surface area contributed by atoms with Crippen LogP contribution in [0.3, 0.4) is 0 Å². The molecule has 2 heterocycles. The smallest absolute Gasteiger partial charge is 0.289 e. The van der Waals surface area contributed by atoms with Gasteiger partial charge in [0.05, 0.1) is 14.2 Å². The maximum atomic E-state index is 12.9. The van der Waals surface area contributed by atoms with E-state index in [1.165, 1.54) is 0 Å². The molecule has 0 radical (unpaired) electrons. The Morgan fingerprint density at radius 1 is 0.871 bits per heavy atom. The molecule has 2 aromatic carbocycles. The van der Waals surface area contributed by atoms with Crippen LogP contribution in [0.5, 0.6) is 17.2 Å². The molecule has 1 fully saturated rings. The summed E-state index contributed by atoms with van der Waals surface area (Å²) in [4.78, 5) is 16.9. The molecule has 1 aromatic heterocycles. The fourth-order valence-corrected chi connectivity index (χ4v) is 3.57. The van der Waals surface area contributed by atoms with Gasteiger partial charge in [0.25, 0.3) is 5.91 Å². The number of furan rings is 1. The topological polar surface area (TPSA) is 64.4 Å². The minimum absolute atomic E-state index is 0.0991. The second-order valence-electron chi connectivity index (χ2n) is 7.18. The van der Waals surface area contributed by atoms with Crippen LogP contribution in [0.1, 0.15) is 16.3 Å². The molecule has 162 valence electrons. The van der Waals surface area contributed by atoms with Crippen molar-refractivity contribution in [3.05, 3.63) is 72.2 Å². The summed E-state index contributed by atoms with van der Waals surface area (Å²) in [6.07, 6.45) is 0. The predicted molar refractivity (Wildman–Crippen MR) is 117 cm³/mol. The molecule has 7 nitrogen and oxygen atoms in total. The Balaban J connectivity index is 1.31. The van der Waals surface area contributed by atoms with Gasteiger partial charge >= 0.3 is 0 Å². The summed E-state index contributed by atoms with van der Waals surface area (Å²) in [5.41, 5.74) is 1.13. The second kappa shape index (κ2) is 9.47. The van der Waals surface area contributed by atoms with Crippen molar-refractivity contribution in [2.75, 3.05) is 45.3 Å². The van der Waals surface area contributed by atoms with Gasteiger partial charge in [-0.15, -0.1) is 0 Å². The first-order valence-electron chi connectivity index (χ1n) is 10.2. The number of carbonyl (C=O) groups excluding carboxylic acids is 1. The van der Waals surface area contributed by atoms with E-state index in [4.69, 9.17) is 18.6 Å². The number of para-hydroxylation sites is 2. The predicted octanol–water partition coefficient (Wildman–Crippen LogP) is 3.84. The highest BCUT2D eigenvalue weighted by atomic mass is 16.5. The summed E-state index contributed by atoms with van der Waals surface area (Å²) in [5.74, 6) is 2.94. The zero-order valence-corrected chi connectivity index (χ0v) is 17.7. The minimum Gasteiger partial charge on any atom is -0.497 e. The molecule has 0 spiro atoms. The number of amides is 1. The van der Waals surface area contributed by atoms with Gasteiger partial charge in [-0.25, -0.2) is 0 Å². The molecule has 31 heavy (non-hydrogen) atoms. The molecule has 1 saturated heterocycles. The molecule has 3 aromatic rings. The van der Waals surface area contributed by atoms with Crippen LogP contribution < -0.4 is 19.1 Å². The third-order valence-electron chi connectivity index (χ3n) is 5.32. The molecule has 1 aliphatic heterocycles. The quantitative estimate of drug-likeness (QED) is 0.577. The number of benzene rings is 2. The lowest BCUT2D eigenvalue weighted by molar-refractivity contribution is 0.0710. The van der Waals surface area contributed by atoms with Crippen LogP contribution >= 0.6 is 0 Å². The van der Waals surface area contributed by atoms with Crippen LogP contribution in [-0.2, 0) is 6.61 Å². The third-order valence-corrected chi connectivity index (χ3v) is 5.32.